The Labute approximate surface area is 277 Å². The van der Waals surface area contributed by atoms with Gasteiger partial charge in [0.2, 0.25) is 0 Å². The fraction of sp³-hybridized carbons (Fsp3) is 0.795. The molecule has 6 heteroatoms. The predicted molar refractivity (Wildman–Crippen MR) is 188 cm³/mol. The SMILES string of the molecule is CCCCCCCC/C=C/C/C=C/C=C/C(O)CCCC(=O)OC[C@H](O)COC(=O)CCCCCCCCCCCCC(C)C. The average Bonchev–Trinajstić information content (AvgIpc) is 3.01. The van der Waals surface area contributed by atoms with Crippen molar-refractivity contribution in [2.45, 2.75) is 181 Å². The molecular weight excluding hydrogens is 564 g/mol. The largest absolute Gasteiger partial charge is 0.463 e. The summed E-state index contributed by atoms with van der Waals surface area (Å²) in [6.07, 6.45) is 35.2. The molecule has 6 nitrogen and oxygen atoms in total. The van der Waals surface area contributed by atoms with Crippen molar-refractivity contribution in [3.05, 3.63) is 36.5 Å². The van der Waals surface area contributed by atoms with Gasteiger partial charge in [0, 0.05) is 12.8 Å². The second kappa shape index (κ2) is 33.4. The Morgan fingerprint density at radius 2 is 1.13 bits per heavy atom. The molecule has 1 unspecified atom stereocenters. The van der Waals surface area contributed by atoms with Crippen LogP contribution in [0.2, 0.25) is 0 Å². The minimum absolute atomic E-state index is 0.162. The highest BCUT2D eigenvalue weighted by Crippen LogP contribution is 2.14. The van der Waals surface area contributed by atoms with Gasteiger partial charge in [-0.1, -0.05) is 154 Å². The maximum Gasteiger partial charge on any atom is 0.305 e. The van der Waals surface area contributed by atoms with E-state index in [2.05, 4.69) is 39.0 Å². The van der Waals surface area contributed by atoms with E-state index in [4.69, 9.17) is 9.47 Å². The third-order valence-electron chi connectivity index (χ3n) is 7.91. The van der Waals surface area contributed by atoms with Gasteiger partial charge >= 0.3 is 11.9 Å². The molecule has 0 radical (unpaired) electrons. The van der Waals surface area contributed by atoms with E-state index in [1.165, 1.54) is 89.9 Å². The number of carbonyl (C=O) groups is 2. The number of carbonyl (C=O) groups excluding carboxylic acids is 2. The number of esters is 2. The molecule has 0 aromatic heterocycles. The number of hydrogen-bond acceptors (Lipinski definition) is 6. The Balaban J connectivity index is 3.64. The van der Waals surface area contributed by atoms with Crippen molar-refractivity contribution in [3.8, 4) is 0 Å². The number of rotatable bonds is 32. The first-order valence-corrected chi connectivity index (χ1v) is 18.5. The molecule has 0 aliphatic carbocycles. The normalized spacial score (nSPS) is 13.4. The number of aliphatic hydroxyl groups excluding tert-OH is 2. The van der Waals surface area contributed by atoms with Crippen molar-refractivity contribution in [1.82, 2.24) is 0 Å². The number of allylic oxidation sites excluding steroid dienone is 5. The maximum absolute atomic E-state index is 11.9. The van der Waals surface area contributed by atoms with Crippen LogP contribution in [0.4, 0.5) is 0 Å². The molecular formula is C39H70O6. The van der Waals surface area contributed by atoms with E-state index in [9.17, 15) is 19.8 Å². The topological polar surface area (TPSA) is 93.1 Å². The van der Waals surface area contributed by atoms with Crippen molar-refractivity contribution in [1.29, 1.82) is 0 Å². The van der Waals surface area contributed by atoms with Crippen molar-refractivity contribution in [2.75, 3.05) is 13.2 Å². The molecule has 0 saturated heterocycles. The number of unbranched alkanes of at least 4 members (excludes halogenated alkanes) is 15. The minimum Gasteiger partial charge on any atom is -0.463 e. The van der Waals surface area contributed by atoms with E-state index in [1.54, 1.807) is 6.08 Å². The molecule has 0 aliphatic heterocycles. The fourth-order valence-corrected chi connectivity index (χ4v) is 5.04. The molecule has 0 spiro atoms. The lowest BCUT2D eigenvalue weighted by molar-refractivity contribution is -0.152. The molecule has 45 heavy (non-hydrogen) atoms. The quantitative estimate of drug-likeness (QED) is 0.0331. The maximum atomic E-state index is 11.9. The fourth-order valence-electron chi connectivity index (χ4n) is 5.04. The van der Waals surface area contributed by atoms with Crippen LogP contribution in [0.3, 0.4) is 0 Å². The van der Waals surface area contributed by atoms with E-state index in [0.717, 1.165) is 38.0 Å². The molecule has 0 heterocycles. The average molecular weight is 635 g/mol. The lowest BCUT2D eigenvalue weighted by atomic mass is 10.0. The van der Waals surface area contributed by atoms with Gasteiger partial charge in [-0.05, 0) is 44.4 Å². The lowest BCUT2D eigenvalue weighted by Crippen LogP contribution is -2.25. The van der Waals surface area contributed by atoms with E-state index in [1.807, 2.05) is 12.2 Å². The first-order chi connectivity index (χ1) is 21.8. The smallest absolute Gasteiger partial charge is 0.305 e. The molecule has 0 bridgehead atoms. The summed E-state index contributed by atoms with van der Waals surface area (Å²) in [5.74, 6) is 0.0621. The van der Waals surface area contributed by atoms with Crippen LogP contribution < -0.4 is 0 Å². The predicted octanol–water partition coefficient (Wildman–Crippen LogP) is 10.1. The summed E-state index contributed by atoms with van der Waals surface area (Å²) >= 11 is 0. The summed E-state index contributed by atoms with van der Waals surface area (Å²) in [5.41, 5.74) is 0. The Kier molecular flexibility index (Phi) is 32.0. The van der Waals surface area contributed by atoms with Crippen molar-refractivity contribution >= 4 is 11.9 Å². The van der Waals surface area contributed by atoms with Gasteiger partial charge in [0.1, 0.15) is 19.3 Å². The zero-order valence-electron chi connectivity index (χ0n) is 29.4. The third-order valence-corrected chi connectivity index (χ3v) is 7.91. The third kappa shape index (κ3) is 34.8. The molecule has 0 amide bonds. The monoisotopic (exact) mass is 635 g/mol. The summed E-state index contributed by atoms with van der Waals surface area (Å²) in [4.78, 5) is 23.9. The van der Waals surface area contributed by atoms with Crippen molar-refractivity contribution < 1.29 is 29.3 Å². The second-order valence-electron chi connectivity index (χ2n) is 13.0. The van der Waals surface area contributed by atoms with Gasteiger partial charge in [0.05, 0.1) is 6.10 Å². The van der Waals surface area contributed by atoms with Crippen LogP contribution in [0, 0.1) is 5.92 Å². The van der Waals surface area contributed by atoms with Gasteiger partial charge < -0.3 is 19.7 Å². The van der Waals surface area contributed by atoms with Gasteiger partial charge in [-0.25, -0.2) is 0 Å². The van der Waals surface area contributed by atoms with Crippen LogP contribution in [-0.2, 0) is 19.1 Å². The highest BCUT2D eigenvalue weighted by Gasteiger charge is 2.12. The summed E-state index contributed by atoms with van der Waals surface area (Å²) < 4.78 is 10.2. The van der Waals surface area contributed by atoms with Crippen LogP contribution in [0.1, 0.15) is 168 Å². The Bertz CT molecular complexity index is 757. The number of aliphatic hydroxyl groups is 2. The number of hydrogen-bond donors (Lipinski definition) is 2. The molecule has 0 aliphatic rings. The molecule has 2 atom stereocenters. The van der Waals surface area contributed by atoms with Gasteiger partial charge in [-0.2, -0.15) is 0 Å². The molecule has 2 N–H and O–H groups in total. The van der Waals surface area contributed by atoms with E-state index < -0.39 is 18.2 Å². The second-order valence-corrected chi connectivity index (χ2v) is 13.0. The van der Waals surface area contributed by atoms with Crippen LogP contribution in [0.25, 0.3) is 0 Å². The van der Waals surface area contributed by atoms with Gasteiger partial charge in [-0.15, -0.1) is 0 Å². The van der Waals surface area contributed by atoms with E-state index in [0.29, 0.717) is 19.3 Å². The zero-order chi connectivity index (χ0) is 33.2. The lowest BCUT2D eigenvalue weighted by Gasteiger charge is -2.12. The zero-order valence-corrected chi connectivity index (χ0v) is 29.4. The highest BCUT2D eigenvalue weighted by atomic mass is 16.6. The van der Waals surface area contributed by atoms with Gasteiger partial charge in [-0.3, -0.25) is 9.59 Å². The van der Waals surface area contributed by atoms with E-state index >= 15 is 0 Å². The Morgan fingerprint density at radius 1 is 0.600 bits per heavy atom. The van der Waals surface area contributed by atoms with Crippen LogP contribution >= 0.6 is 0 Å². The van der Waals surface area contributed by atoms with Crippen LogP contribution in [-0.4, -0.2) is 47.6 Å². The Hall–Kier alpha value is -1.92. The van der Waals surface area contributed by atoms with Gasteiger partial charge in [0.15, 0.2) is 0 Å². The Morgan fingerprint density at radius 3 is 1.73 bits per heavy atom. The summed E-state index contributed by atoms with van der Waals surface area (Å²) in [6, 6.07) is 0. The minimum atomic E-state index is -1.03. The summed E-state index contributed by atoms with van der Waals surface area (Å²) in [5, 5.41) is 20.1. The standard InChI is InChI=1S/C39H70O6/c1-4-5-6-7-8-9-10-11-12-16-19-22-25-29-36(40)30-27-32-39(43)45-34-37(41)33-44-38(42)31-26-23-20-17-14-13-15-18-21-24-28-35(2)3/h11-12,19,22,25,29,35-37,40-41H,4-10,13-18,20-21,23-24,26-28,30-34H2,1-3H3/b12-11+,22-19+,29-25+/t36?,37-/m1/s1. The van der Waals surface area contributed by atoms with Crippen LogP contribution in [0.5, 0.6) is 0 Å². The summed E-state index contributed by atoms with van der Waals surface area (Å²) in [6.45, 7) is 6.44. The van der Waals surface area contributed by atoms with Crippen molar-refractivity contribution in [3.63, 3.8) is 0 Å². The highest BCUT2D eigenvalue weighted by molar-refractivity contribution is 5.69. The molecule has 0 aromatic carbocycles. The van der Waals surface area contributed by atoms with Crippen molar-refractivity contribution in [2.24, 2.45) is 5.92 Å². The summed E-state index contributed by atoms with van der Waals surface area (Å²) in [7, 11) is 0. The van der Waals surface area contributed by atoms with Gasteiger partial charge in [0.25, 0.3) is 0 Å². The molecule has 0 rings (SSSR count). The molecule has 0 fully saturated rings. The number of ether oxygens (including phenoxy) is 2. The van der Waals surface area contributed by atoms with Crippen LogP contribution in [0.15, 0.2) is 36.5 Å². The first kappa shape index (κ1) is 43.1. The molecule has 0 aromatic rings. The molecule has 0 saturated carbocycles. The first-order valence-electron chi connectivity index (χ1n) is 18.5. The van der Waals surface area contributed by atoms with E-state index in [-0.39, 0.29) is 25.6 Å². The molecule has 262 valence electrons.